The number of carbonyl (C=O) groups is 1. The van der Waals surface area contributed by atoms with E-state index in [1.165, 1.54) is 3.57 Å². The first kappa shape index (κ1) is 12.3. The molecule has 0 saturated heterocycles. The van der Waals surface area contributed by atoms with E-state index in [9.17, 15) is 4.79 Å². The number of rotatable bonds is 2. The third kappa shape index (κ3) is 2.40. The molecule has 94 valence electrons. The monoisotopic (exact) mass is 362 g/mol. The van der Waals surface area contributed by atoms with Crippen molar-refractivity contribution in [3.63, 3.8) is 0 Å². The molecule has 0 radical (unpaired) electrons. The van der Waals surface area contributed by atoms with E-state index in [0.717, 1.165) is 22.5 Å². The Morgan fingerprint density at radius 2 is 1.84 bits per heavy atom. The second-order valence-electron chi connectivity index (χ2n) is 4.37. The summed E-state index contributed by atoms with van der Waals surface area (Å²) in [5, 5.41) is 0. The van der Waals surface area contributed by atoms with Gasteiger partial charge in [-0.05, 0) is 41.6 Å². The van der Waals surface area contributed by atoms with Crippen LogP contribution in [0.15, 0.2) is 48.8 Å². The zero-order valence-corrected chi connectivity index (χ0v) is 12.5. The lowest BCUT2D eigenvalue weighted by Crippen LogP contribution is -1.90. The van der Waals surface area contributed by atoms with Crippen LogP contribution in [-0.4, -0.2) is 15.2 Å². The molecule has 3 nitrogen and oxygen atoms in total. The molecule has 2 aromatic heterocycles. The Bertz CT molecular complexity index is 759. The van der Waals surface area contributed by atoms with Crippen LogP contribution in [0.5, 0.6) is 0 Å². The average Bonchev–Trinajstić information content (AvgIpc) is 2.81. The van der Waals surface area contributed by atoms with Crippen molar-refractivity contribution in [3.05, 3.63) is 57.9 Å². The molecule has 0 amide bonds. The lowest BCUT2D eigenvalue weighted by molar-refractivity contribution is 0.101. The Morgan fingerprint density at radius 1 is 1.11 bits per heavy atom. The maximum atomic E-state index is 11.3. The molecule has 0 atom stereocenters. The normalized spacial score (nSPS) is 10.8. The number of ketones is 1. The lowest BCUT2D eigenvalue weighted by Gasteiger charge is -1.98. The first-order valence-corrected chi connectivity index (χ1v) is 6.97. The molecule has 0 aliphatic rings. The summed E-state index contributed by atoms with van der Waals surface area (Å²) in [6.45, 7) is 1.57. The molecular formula is C15H11IN2O. The van der Waals surface area contributed by atoms with Gasteiger partial charge in [-0.2, -0.15) is 0 Å². The van der Waals surface area contributed by atoms with E-state index in [4.69, 9.17) is 0 Å². The van der Waals surface area contributed by atoms with Crippen LogP contribution in [0, 0.1) is 3.57 Å². The van der Waals surface area contributed by atoms with Crippen LogP contribution in [-0.2, 0) is 0 Å². The number of nitrogens with zero attached hydrogens (tertiary/aromatic N) is 2. The van der Waals surface area contributed by atoms with Gasteiger partial charge in [0.1, 0.15) is 5.65 Å². The summed E-state index contributed by atoms with van der Waals surface area (Å²) >= 11 is 2.28. The van der Waals surface area contributed by atoms with Crippen molar-refractivity contribution in [2.24, 2.45) is 0 Å². The molecule has 0 saturated carbocycles. The second-order valence-corrected chi connectivity index (χ2v) is 5.62. The van der Waals surface area contributed by atoms with Crippen LogP contribution in [0.2, 0.25) is 0 Å². The Balaban J connectivity index is 2.06. The molecule has 0 N–H and O–H groups in total. The fourth-order valence-electron chi connectivity index (χ4n) is 1.98. The lowest BCUT2D eigenvalue weighted by atomic mass is 10.1. The van der Waals surface area contributed by atoms with Gasteiger partial charge < -0.3 is 4.40 Å². The summed E-state index contributed by atoms with van der Waals surface area (Å²) in [5.41, 5.74) is 3.58. The number of fused-ring (bicyclic) bond motifs is 1. The summed E-state index contributed by atoms with van der Waals surface area (Å²) in [6.07, 6.45) is 4.04. The van der Waals surface area contributed by atoms with Gasteiger partial charge in [-0.3, -0.25) is 4.79 Å². The van der Waals surface area contributed by atoms with Crippen molar-refractivity contribution < 1.29 is 4.79 Å². The number of hydrogen-bond donors (Lipinski definition) is 0. The summed E-state index contributed by atoms with van der Waals surface area (Å²) < 4.78 is 3.18. The van der Waals surface area contributed by atoms with E-state index in [-0.39, 0.29) is 5.78 Å². The quantitative estimate of drug-likeness (QED) is 0.513. The van der Waals surface area contributed by atoms with Gasteiger partial charge in [0, 0.05) is 27.1 Å². The zero-order chi connectivity index (χ0) is 13.4. The molecular weight excluding hydrogens is 351 g/mol. The minimum Gasteiger partial charge on any atom is -0.305 e. The molecule has 19 heavy (non-hydrogen) atoms. The van der Waals surface area contributed by atoms with E-state index in [1.54, 1.807) is 6.92 Å². The predicted molar refractivity (Wildman–Crippen MR) is 83.3 cm³/mol. The standard InChI is InChI=1S/C15H11IN2O/c1-10(19)11-2-4-12(5-3-11)14-9-18-8-13(16)6-7-15(18)17-14/h2-9H,1H3. The van der Waals surface area contributed by atoms with Gasteiger partial charge in [-0.15, -0.1) is 0 Å². The van der Waals surface area contributed by atoms with E-state index >= 15 is 0 Å². The Morgan fingerprint density at radius 3 is 2.53 bits per heavy atom. The van der Waals surface area contributed by atoms with Crippen molar-refractivity contribution >= 4 is 34.0 Å². The maximum absolute atomic E-state index is 11.3. The number of carbonyl (C=O) groups excluding carboxylic acids is 1. The van der Waals surface area contributed by atoms with E-state index in [2.05, 4.69) is 27.6 Å². The van der Waals surface area contributed by atoms with Gasteiger partial charge in [0.2, 0.25) is 0 Å². The van der Waals surface area contributed by atoms with Crippen molar-refractivity contribution in [2.45, 2.75) is 6.92 Å². The summed E-state index contributed by atoms with van der Waals surface area (Å²) in [4.78, 5) is 15.8. The van der Waals surface area contributed by atoms with Crippen molar-refractivity contribution in [3.8, 4) is 11.3 Å². The number of Topliss-reactive ketones (excluding diaryl/α,β-unsaturated/α-hetero) is 1. The molecule has 0 aliphatic carbocycles. The van der Waals surface area contributed by atoms with Crippen LogP contribution in [0.1, 0.15) is 17.3 Å². The Hall–Kier alpha value is -1.69. The van der Waals surface area contributed by atoms with Crippen LogP contribution >= 0.6 is 22.6 Å². The topological polar surface area (TPSA) is 34.4 Å². The highest BCUT2D eigenvalue weighted by Crippen LogP contribution is 2.20. The smallest absolute Gasteiger partial charge is 0.159 e. The first-order chi connectivity index (χ1) is 9.13. The van der Waals surface area contributed by atoms with Crippen LogP contribution in [0.25, 0.3) is 16.9 Å². The summed E-state index contributed by atoms with van der Waals surface area (Å²) in [7, 11) is 0. The van der Waals surface area contributed by atoms with Crippen molar-refractivity contribution in [1.29, 1.82) is 0 Å². The van der Waals surface area contributed by atoms with Crippen molar-refractivity contribution in [2.75, 3.05) is 0 Å². The molecule has 0 spiro atoms. The molecule has 3 aromatic rings. The fraction of sp³-hybridized carbons (Fsp3) is 0.0667. The molecule has 3 rings (SSSR count). The van der Waals surface area contributed by atoms with Crippen LogP contribution in [0.4, 0.5) is 0 Å². The number of benzene rings is 1. The highest BCUT2D eigenvalue weighted by Gasteiger charge is 2.05. The van der Waals surface area contributed by atoms with E-state index in [1.807, 2.05) is 53.2 Å². The number of halogens is 1. The third-order valence-electron chi connectivity index (χ3n) is 3.00. The largest absolute Gasteiger partial charge is 0.305 e. The molecule has 0 aliphatic heterocycles. The number of imidazole rings is 1. The van der Waals surface area contributed by atoms with Gasteiger partial charge in [0.25, 0.3) is 0 Å². The first-order valence-electron chi connectivity index (χ1n) is 5.89. The Kier molecular flexibility index (Phi) is 3.10. The predicted octanol–water partition coefficient (Wildman–Crippen LogP) is 3.81. The Labute approximate surface area is 124 Å². The highest BCUT2D eigenvalue weighted by atomic mass is 127. The minimum atomic E-state index is 0.0797. The molecule has 0 fully saturated rings. The van der Waals surface area contributed by atoms with Gasteiger partial charge in [0.05, 0.1) is 5.69 Å². The third-order valence-corrected chi connectivity index (χ3v) is 3.64. The second kappa shape index (κ2) is 4.77. The van der Waals surface area contributed by atoms with Gasteiger partial charge in [0.15, 0.2) is 5.78 Å². The zero-order valence-electron chi connectivity index (χ0n) is 10.3. The van der Waals surface area contributed by atoms with Gasteiger partial charge in [-0.1, -0.05) is 24.3 Å². The van der Waals surface area contributed by atoms with Crippen LogP contribution in [0.3, 0.4) is 0 Å². The van der Waals surface area contributed by atoms with E-state index in [0.29, 0.717) is 0 Å². The molecule has 4 heteroatoms. The summed E-state index contributed by atoms with van der Waals surface area (Å²) in [6, 6.07) is 11.6. The van der Waals surface area contributed by atoms with Crippen LogP contribution < -0.4 is 0 Å². The molecule has 0 unspecified atom stereocenters. The number of hydrogen-bond acceptors (Lipinski definition) is 2. The molecule has 1 aromatic carbocycles. The maximum Gasteiger partial charge on any atom is 0.159 e. The minimum absolute atomic E-state index is 0.0797. The fourth-order valence-corrected chi connectivity index (χ4v) is 2.46. The van der Waals surface area contributed by atoms with Gasteiger partial charge in [-0.25, -0.2) is 4.98 Å². The van der Waals surface area contributed by atoms with E-state index < -0.39 is 0 Å². The van der Waals surface area contributed by atoms with Crippen molar-refractivity contribution in [1.82, 2.24) is 9.38 Å². The molecule has 2 heterocycles. The highest BCUT2D eigenvalue weighted by molar-refractivity contribution is 14.1. The number of aromatic nitrogens is 2. The SMILES string of the molecule is CC(=O)c1ccc(-c2cn3cc(I)ccc3n2)cc1. The summed E-state index contributed by atoms with van der Waals surface area (Å²) in [5.74, 6) is 0.0797. The van der Waals surface area contributed by atoms with Gasteiger partial charge >= 0.3 is 0 Å². The average molecular weight is 362 g/mol. The number of pyridine rings is 1. The molecule has 0 bridgehead atoms.